The Labute approximate surface area is 121 Å². The molecule has 0 fully saturated rings. The Morgan fingerprint density at radius 1 is 1.52 bits per heavy atom. The molecule has 0 saturated heterocycles. The van der Waals surface area contributed by atoms with Gasteiger partial charge in [-0.25, -0.2) is 0 Å². The van der Waals surface area contributed by atoms with Gasteiger partial charge in [0.15, 0.2) is 0 Å². The van der Waals surface area contributed by atoms with E-state index in [2.05, 4.69) is 24.4 Å². The normalized spacial score (nSPS) is 13.1. The van der Waals surface area contributed by atoms with Crippen LogP contribution in [-0.4, -0.2) is 33.2 Å². The molecule has 1 aromatic carbocycles. The molecule has 10 heteroatoms. The number of hydrogen-bond donors (Lipinski definition) is 2. The Hall–Kier alpha value is -1.97. The molecule has 0 aliphatic rings. The monoisotopic (exact) mass is 314 g/mol. The van der Waals surface area contributed by atoms with Crippen molar-refractivity contribution >= 4 is 20.4 Å². The second-order valence-electron chi connectivity index (χ2n) is 4.09. The van der Waals surface area contributed by atoms with Crippen LogP contribution in [-0.2, 0) is 9.06 Å². The van der Waals surface area contributed by atoms with Crippen molar-refractivity contribution in [1.82, 2.24) is 5.32 Å². The largest absolute Gasteiger partial charge is 0.533 e. The summed E-state index contributed by atoms with van der Waals surface area (Å²) in [5, 5.41) is 6.00. The summed E-state index contributed by atoms with van der Waals surface area (Å²) in [5.41, 5.74) is 9.07. The summed E-state index contributed by atoms with van der Waals surface area (Å²) in [6.45, 7) is 0.235. The third-order valence-corrected chi connectivity index (χ3v) is 4.55. The van der Waals surface area contributed by atoms with E-state index in [1.54, 1.807) is 0 Å². The van der Waals surface area contributed by atoms with E-state index in [4.69, 9.17) is 5.53 Å². The van der Waals surface area contributed by atoms with Gasteiger partial charge >= 0.3 is 8.80 Å². The smallest absolute Gasteiger partial charge is 0.388 e. The van der Waals surface area contributed by atoms with E-state index >= 15 is 0 Å². The molecule has 0 aliphatic heterocycles. The van der Waals surface area contributed by atoms with Crippen LogP contribution in [0.25, 0.3) is 10.4 Å². The zero-order chi connectivity index (χ0) is 15.7. The van der Waals surface area contributed by atoms with Crippen LogP contribution in [0.5, 0.6) is 0 Å². The van der Waals surface area contributed by atoms with Crippen LogP contribution >= 0.6 is 0 Å². The van der Waals surface area contributed by atoms with Crippen LogP contribution < -0.4 is 5.32 Å². The van der Waals surface area contributed by atoms with E-state index in [0.717, 1.165) is 7.11 Å². The standard InChI is InChI=1S/C11H15FN4O4Si/c1-19-21(18,20-12)8-2-7-14-11(17)9-3-5-10(6-4-9)15-16-13/h3-6,18H,2,7-8H2,1H3,(H,14,17). The Morgan fingerprint density at radius 2 is 2.19 bits per heavy atom. The Balaban J connectivity index is 2.42. The lowest BCUT2D eigenvalue weighted by Gasteiger charge is -2.15. The van der Waals surface area contributed by atoms with E-state index in [1.807, 2.05) is 0 Å². The quantitative estimate of drug-likeness (QED) is 0.251. The third kappa shape index (κ3) is 5.50. The first kappa shape index (κ1) is 17.1. The van der Waals surface area contributed by atoms with Crippen molar-refractivity contribution in [3.8, 4) is 0 Å². The lowest BCUT2D eigenvalue weighted by Crippen LogP contribution is -2.39. The molecule has 1 unspecified atom stereocenters. The molecular formula is C11H15FN4O4Si. The van der Waals surface area contributed by atoms with Gasteiger partial charge in [0, 0.05) is 35.9 Å². The Bertz CT molecular complexity index is 517. The van der Waals surface area contributed by atoms with Gasteiger partial charge in [-0.1, -0.05) is 21.8 Å². The van der Waals surface area contributed by atoms with E-state index in [-0.39, 0.29) is 18.5 Å². The van der Waals surface area contributed by atoms with Crippen molar-refractivity contribution in [1.29, 1.82) is 0 Å². The molecule has 0 aliphatic carbocycles. The van der Waals surface area contributed by atoms with Crippen LogP contribution in [0.3, 0.4) is 0 Å². The predicted octanol–water partition coefficient (Wildman–Crippen LogP) is 2.23. The molecule has 1 aromatic rings. The van der Waals surface area contributed by atoms with Crippen molar-refractivity contribution in [3.63, 3.8) is 0 Å². The van der Waals surface area contributed by atoms with Crippen molar-refractivity contribution < 1.29 is 23.2 Å². The zero-order valence-corrected chi connectivity index (χ0v) is 12.3. The molecule has 0 aromatic heterocycles. The minimum Gasteiger partial charge on any atom is -0.388 e. The number of nitrogens with one attached hydrogen (secondary N) is 1. The van der Waals surface area contributed by atoms with Gasteiger partial charge in [-0.3, -0.25) is 4.79 Å². The van der Waals surface area contributed by atoms with Crippen LogP contribution in [0.15, 0.2) is 29.4 Å². The van der Waals surface area contributed by atoms with Crippen LogP contribution in [0, 0.1) is 0 Å². The van der Waals surface area contributed by atoms with Gasteiger partial charge in [0.05, 0.1) is 0 Å². The minimum absolute atomic E-state index is 0.00387. The molecule has 0 bridgehead atoms. The molecule has 0 radical (unpaired) electrons. The molecular weight excluding hydrogens is 299 g/mol. The van der Waals surface area contributed by atoms with E-state index in [9.17, 15) is 14.1 Å². The van der Waals surface area contributed by atoms with Crippen molar-refractivity contribution in [2.75, 3.05) is 13.7 Å². The van der Waals surface area contributed by atoms with Gasteiger partial charge in [0.25, 0.3) is 5.91 Å². The van der Waals surface area contributed by atoms with Crippen molar-refractivity contribution in [3.05, 3.63) is 40.3 Å². The molecule has 2 N–H and O–H groups in total. The summed E-state index contributed by atoms with van der Waals surface area (Å²) >= 11 is 0. The number of carbonyl (C=O) groups is 1. The fourth-order valence-electron chi connectivity index (χ4n) is 1.52. The van der Waals surface area contributed by atoms with Gasteiger partial charge in [-0.2, -0.15) is 4.63 Å². The van der Waals surface area contributed by atoms with Crippen LogP contribution in [0.2, 0.25) is 6.04 Å². The number of benzene rings is 1. The van der Waals surface area contributed by atoms with E-state index in [1.165, 1.54) is 24.3 Å². The number of hydrogen-bond acceptors (Lipinski definition) is 5. The molecule has 1 rings (SSSR count). The maximum absolute atomic E-state index is 12.1. The van der Waals surface area contributed by atoms with Crippen molar-refractivity contribution in [2.45, 2.75) is 12.5 Å². The maximum Gasteiger partial charge on any atom is 0.533 e. The van der Waals surface area contributed by atoms with Crippen molar-refractivity contribution in [2.24, 2.45) is 5.11 Å². The van der Waals surface area contributed by atoms with Gasteiger partial charge in [0.1, 0.15) is 0 Å². The number of azide groups is 1. The number of nitrogens with zero attached hydrogens (tertiary/aromatic N) is 3. The predicted molar refractivity (Wildman–Crippen MR) is 74.2 cm³/mol. The van der Waals surface area contributed by atoms with Gasteiger partial charge in [0.2, 0.25) is 0 Å². The molecule has 8 nitrogen and oxygen atoms in total. The molecule has 114 valence electrons. The summed E-state index contributed by atoms with van der Waals surface area (Å²) in [5.74, 6) is -0.328. The third-order valence-electron chi connectivity index (χ3n) is 2.68. The van der Waals surface area contributed by atoms with Gasteiger partial charge < -0.3 is 14.5 Å². The lowest BCUT2D eigenvalue weighted by atomic mass is 10.2. The molecule has 21 heavy (non-hydrogen) atoms. The fraction of sp³-hybridized carbons (Fsp3) is 0.364. The molecule has 0 spiro atoms. The number of rotatable bonds is 8. The van der Waals surface area contributed by atoms with Gasteiger partial charge in [-0.15, -0.1) is 0 Å². The number of amides is 1. The Kier molecular flexibility index (Phi) is 6.79. The molecule has 0 saturated carbocycles. The molecule has 0 heterocycles. The van der Waals surface area contributed by atoms with E-state index in [0.29, 0.717) is 17.7 Å². The first-order chi connectivity index (χ1) is 10.0. The summed E-state index contributed by atoms with van der Waals surface area (Å²) in [6.07, 6.45) is 0.309. The minimum atomic E-state index is -3.73. The SMILES string of the molecule is CO[Si](O)(CCCNC(=O)c1ccc(N=[N+]=[N-])cc1)OF. The lowest BCUT2D eigenvalue weighted by molar-refractivity contribution is -0.0810. The fourth-order valence-corrected chi connectivity index (χ4v) is 2.49. The first-order valence-corrected chi connectivity index (χ1v) is 8.02. The highest BCUT2D eigenvalue weighted by atomic mass is 28.4. The zero-order valence-electron chi connectivity index (χ0n) is 11.3. The van der Waals surface area contributed by atoms with Crippen LogP contribution in [0.4, 0.5) is 10.2 Å². The molecule has 1 amide bonds. The number of carbonyl (C=O) groups excluding carboxylic acids is 1. The summed E-state index contributed by atoms with van der Waals surface area (Å²) < 4.78 is 20.1. The highest BCUT2D eigenvalue weighted by molar-refractivity contribution is 6.58. The highest BCUT2D eigenvalue weighted by Crippen LogP contribution is 2.13. The second-order valence-corrected chi connectivity index (χ2v) is 6.58. The topological polar surface area (TPSA) is 117 Å². The number of halogens is 1. The summed E-state index contributed by atoms with van der Waals surface area (Å²) in [7, 11) is -2.57. The molecule has 1 atom stereocenters. The second kappa shape index (κ2) is 8.34. The average molecular weight is 314 g/mol. The highest BCUT2D eigenvalue weighted by Gasteiger charge is 2.36. The summed E-state index contributed by atoms with van der Waals surface area (Å²) in [6, 6.07) is 6.06. The van der Waals surface area contributed by atoms with Gasteiger partial charge in [-0.05, 0) is 24.1 Å². The Morgan fingerprint density at radius 3 is 2.71 bits per heavy atom. The first-order valence-electron chi connectivity index (χ1n) is 6.05. The summed E-state index contributed by atoms with van der Waals surface area (Å²) in [4.78, 5) is 23.9. The average Bonchev–Trinajstić information content (AvgIpc) is 2.52. The van der Waals surface area contributed by atoms with Crippen LogP contribution in [0.1, 0.15) is 16.8 Å². The maximum atomic E-state index is 12.1. The van der Waals surface area contributed by atoms with E-state index < -0.39 is 8.80 Å².